The minimum absolute atomic E-state index is 0.116. The summed E-state index contributed by atoms with van der Waals surface area (Å²) in [5.74, 6) is 0.527. The summed E-state index contributed by atoms with van der Waals surface area (Å²) in [4.78, 5) is 10.4. The first kappa shape index (κ1) is 31.3. The molecule has 11 rings (SSSR count). The number of rotatable bonds is 4. The zero-order chi connectivity index (χ0) is 36.8. The van der Waals surface area contributed by atoms with Gasteiger partial charge >= 0.3 is 0 Å². The highest BCUT2D eigenvalue weighted by Crippen LogP contribution is 2.53. The third-order valence-electron chi connectivity index (χ3n) is 11.5. The van der Waals surface area contributed by atoms with E-state index >= 15 is 0 Å². The Kier molecular flexibility index (Phi) is 6.59. The standard InChI is InChI=1S/C50H32N4O/c1-50(2)37-22-12-9-19-32(37)44-38(50)26-28-40-45(44)33-20-10-13-23-39(33)54(40)41-27-25-35(43-34-21-11-14-24-42(34)55-48(41)43)49-52-46(30-15-5-3-6-16-30)36(29-51)47(53-49)31-17-7-4-8-18-31/h3-28H,1-2H3. The highest BCUT2D eigenvalue weighted by molar-refractivity contribution is 6.20. The first-order valence-electron chi connectivity index (χ1n) is 18.6. The quantitative estimate of drug-likeness (QED) is 0.183. The third kappa shape index (κ3) is 4.40. The molecule has 0 fully saturated rings. The predicted molar refractivity (Wildman–Crippen MR) is 222 cm³/mol. The minimum atomic E-state index is -0.116. The van der Waals surface area contributed by atoms with E-state index in [0.717, 1.165) is 55.3 Å². The van der Waals surface area contributed by atoms with Crippen molar-refractivity contribution in [1.29, 1.82) is 5.26 Å². The van der Waals surface area contributed by atoms with E-state index in [1.165, 1.54) is 33.0 Å². The van der Waals surface area contributed by atoms with E-state index in [9.17, 15) is 5.26 Å². The Hall–Kier alpha value is -7.29. The van der Waals surface area contributed by atoms with Gasteiger partial charge in [-0.3, -0.25) is 0 Å². The average molecular weight is 705 g/mol. The van der Waals surface area contributed by atoms with Gasteiger partial charge in [0.25, 0.3) is 0 Å². The van der Waals surface area contributed by atoms with Crippen molar-refractivity contribution in [3.05, 3.63) is 174 Å². The van der Waals surface area contributed by atoms with E-state index in [-0.39, 0.29) is 5.41 Å². The number of nitrogens with zero attached hydrogens (tertiary/aromatic N) is 4. The van der Waals surface area contributed by atoms with Gasteiger partial charge in [-0.05, 0) is 52.6 Å². The van der Waals surface area contributed by atoms with Crippen molar-refractivity contribution in [3.8, 4) is 56.8 Å². The molecule has 0 N–H and O–H groups in total. The fourth-order valence-corrected chi connectivity index (χ4v) is 8.99. The maximum atomic E-state index is 10.6. The Labute approximate surface area is 317 Å². The van der Waals surface area contributed by atoms with E-state index in [1.807, 2.05) is 78.9 Å². The summed E-state index contributed by atoms with van der Waals surface area (Å²) in [6.07, 6.45) is 0. The normalized spacial score (nSPS) is 13.0. The van der Waals surface area contributed by atoms with Crippen molar-refractivity contribution < 1.29 is 4.42 Å². The second kappa shape index (κ2) is 11.6. The Morgan fingerprint density at radius 3 is 1.93 bits per heavy atom. The van der Waals surface area contributed by atoms with E-state index in [1.54, 1.807) is 0 Å². The van der Waals surface area contributed by atoms with Crippen LogP contribution in [0.2, 0.25) is 0 Å². The number of fused-ring (bicyclic) bond motifs is 10. The van der Waals surface area contributed by atoms with Gasteiger partial charge in [0.2, 0.25) is 0 Å². The molecule has 3 aromatic heterocycles. The van der Waals surface area contributed by atoms with Crippen molar-refractivity contribution in [2.75, 3.05) is 0 Å². The highest BCUT2D eigenvalue weighted by atomic mass is 16.3. The van der Waals surface area contributed by atoms with Crippen LogP contribution in [-0.2, 0) is 5.41 Å². The average Bonchev–Trinajstić information content (AvgIpc) is 3.87. The molecule has 258 valence electrons. The smallest absolute Gasteiger partial charge is 0.161 e. The molecule has 0 aliphatic heterocycles. The zero-order valence-corrected chi connectivity index (χ0v) is 30.2. The van der Waals surface area contributed by atoms with E-state index < -0.39 is 0 Å². The molecule has 1 aliphatic carbocycles. The monoisotopic (exact) mass is 704 g/mol. The van der Waals surface area contributed by atoms with E-state index in [0.29, 0.717) is 22.8 Å². The van der Waals surface area contributed by atoms with Gasteiger partial charge in [-0.15, -0.1) is 0 Å². The van der Waals surface area contributed by atoms with Crippen LogP contribution in [0.1, 0.15) is 30.5 Å². The molecule has 3 heterocycles. The Morgan fingerprint density at radius 2 is 1.20 bits per heavy atom. The van der Waals surface area contributed by atoms with Crippen LogP contribution in [0.25, 0.3) is 94.5 Å². The topological polar surface area (TPSA) is 67.6 Å². The second-order valence-corrected chi connectivity index (χ2v) is 14.8. The third-order valence-corrected chi connectivity index (χ3v) is 11.5. The van der Waals surface area contributed by atoms with Gasteiger partial charge in [-0.1, -0.05) is 141 Å². The molecular weight excluding hydrogens is 673 g/mol. The highest BCUT2D eigenvalue weighted by Gasteiger charge is 2.37. The summed E-state index contributed by atoms with van der Waals surface area (Å²) in [6.45, 7) is 4.66. The molecule has 55 heavy (non-hydrogen) atoms. The lowest BCUT2D eigenvalue weighted by Crippen LogP contribution is -2.14. The fraction of sp³-hybridized carbons (Fsp3) is 0.0600. The lowest BCUT2D eigenvalue weighted by molar-refractivity contribution is 0.660. The van der Waals surface area contributed by atoms with Gasteiger partial charge in [0.05, 0.1) is 28.1 Å². The molecule has 1 aliphatic rings. The summed E-state index contributed by atoms with van der Waals surface area (Å²) in [5, 5.41) is 14.9. The van der Waals surface area contributed by atoms with E-state index in [4.69, 9.17) is 14.4 Å². The summed E-state index contributed by atoms with van der Waals surface area (Å²) >= 11 is 0. The van der Waals surface area contributed by atoms with Crippen LogP contribution in [0.15, 0.2) is 162 Å². The number of aromatic nitrogens is 3. The molecule has 0 unspecified atom stereocenters. The molecule has 0 radical (unpaired) electrons. The van der Waals surface area contributed by atoms with E-state index in [2.05, 4.69) is 103 Å². The number of hydrogen-bond donors (Lipinski definition) is 0. The maximum Gasteiger partial charge on any atom is 0.161 e. The molecule has 5 nitrogen and oxygen atoms in total. The van der Waals surface area contributed by atoms with Crippen molar-refractivity contribution in [1.82, 2.24) is 14.5 Å². The van der Waals surface area contributed by atoms with Gasteiger partial charge in [-0.25, -0.2) is 9.97 Å². The van der Waals surface area contributed by atoms with Crippen LogP contribution in [-0.4, -0.2) is 14.5 Å². The van der Waals surface area contributed by atoms with Gasteiger partial charge < -0.3 is 8.98 Å². The predicted octanol–water partition coefficient (Wildman–Crippen LogP) is 12.7. The van der Waals surface area contributed by atoms with Gasteiger partial charge in [0.1, 0.15) is 17.2 Å². The molecular formula is C50H32N4O. The van der Waals surface area contributed by atoms with Gasteiger partial charge in [-0.2, -0.15) is 5.26 Å². The molecule has 10 aromatic rings. The summed E-state index contributed by atoms with van der Waals surface area (Å²) in [7, 11) is 0. The molecule has 5 heteroatoms. The maximum absolute atomic E-state index is 10.6. The number of hydrogen-bond acceptors (Lipinski definition) is 4. The summed E-state index contributed by atoms with van der Waals surface area (Å²) < 4.78 is 9.25. The lowest BCUT2D eigenvalue weighted by atomic mass is 9.82. The number of nitriles is 1. The van der Waals surface area contributed by atoms with Crippen LogP contribution < -0.4 is 0 Å². The zero-order valence-electron chi connectivity index (χ0n) is 30.2. The Balaban J connectivity index is 1.24. The van der Waals surface area contributed by atoms with Gasteiger partial charge in [0.15, 0.2) is 11.4 Å². The first-order valence-corrected chi connectivity index (χ1v) is 18.6. The lowest BCUT2D eigenvalue weighted by Gasteiger charge is -2.21. The SMILES string of the molecule is CC1(C)c2ccccc2-c2c1ccc1c2c2ccccc2n1-c1ccc(-c2nc(-c3ccccc3)c(C#N)c(-c3ccccc3)n2)c2c1oc1ccccc12. The van der Waals surface area contributed by atoms with Crippen molar-refractivity contribution in [3.63, 3.8) is 0 Å². The van der Waals surface area contributed by atoms with Crippen molar-refractivity contribution in [2.45, 2.75) is 19.3 Å². The Bertz CT molecular complexity index is 3180. The van der Waals surface area contributed by atoms with Gasteiger partial charge in [0, 0.05) is 43.7 Å². The fourth-order valence-electron chi connectivity index (χ4n) is 8.99. The molecule has 0 saturated heterocycles. The number of benzene rings is 7. The molecule has 0 atom stereocenters. The molecule has 0 spiro atoms. The molecule has 7 aromatic carbocycles. The van der Waals surface area contributed by atoms with Crippen LogP contribution in [0.3, 0.4) is 0 Å². The summed E-state index contributed by atoms with van der Waals surface area (Å²) in [6, 6.07) is 56.8. The molecule has 0 amide bonds. The largest absolute Gasteiger partial charge is 0.454 e. The number of furan rings is 1. The van der Waals surface area contributed by atoms with Crippen LogP contribution in [0, 0.1) is 11.3 Å². The van der Waals surface area contributed by atoms with Crippen LogP contribution in [0.5, 0.6) is 0 Å². The van der Waals surface area contributed by atoms with Crippen molar-refractivity contribution >= 4 is 43.7 Å². The number of para-hydroxylation sites is 2. The molecule has 0 saturated carbocycles. The van der Waals surface area contributed by atoms with Crippen LogP contribution >= 0.6 is 0 Å². The van der Waals surface area contributed by atoms with Crippen LogP contribution in [0.4, 0.5) is 0 Å². The first-order chi connectivity index (χ1) is 27.0. The summed E-state index contributed by atoms with van der Waals surface area (Å²) in [5.41, 5.74) is 14.0. The Morgan fingerprint density at radius 1 is 0.564 bits per heavy atom. The molecule has 0 bridgehead atoms. The minimum Gasteiger partial charge on any atom is -0.454 e. The van der Waals surface area contributed by atoms with Crippen molar-refractivity contribution in [2.24, 2.45) is 0 Å². The second-order valence-electron chi connectivity index (χ2n) is 14.8.